The summed E-state index contributed by atoms with van der Waals surface area (Å²) in [6.07, 6.45) is -2.84. The lowest BCUT2D eigenvalue weighted by Gasteiger charge is -2.43. The van der Waals surface area contributed by atoms with E-state index in [-0.39, 0.29) is 60.9 Å². The molecule has 0 unspecified atom stereocenters. The standard InChI is InChI=1S/C22H25F4N3O4/c23-15-7-14(22(24,25)26)2-1-13(15)10-32-19-6-12-5-17(19)29(8-12)21(31)28-4-3-18-16(9-28)27-20(30)11-33-18/h1-2,7,12,16-19H,3-6,8-11H2,(H,27,30)/t12-,16+,17+,18-,19-/m0/s1. The van der Waals surface area contributed by atoms with Gasteiger partial charge in [-0.2, -0.15) is 13.2 Å². The minimum absolute atomic E-state index is 0.0452. The molecule has 4 fully saturated rings. The largest absolute Gasteiger partial charge is 0.416 e. The van der Waals surface area contributed by atoms with E-state index in [0.29, 0.717) is 32.1 Å². The summed E-state index contributed by atoms with van der Waals surface area (Å²) in [7, 11) is 0. The van der Waals surface area contributed by atoms with Crippen LogP contribution in [-0.2, 0) is 27.1 Å². The first-order chi connectivity index (χ1) is 15.7. The normalized spacial score (nSPS) is 31.5. The Labute approximate surface area is 188 Å². The molecule has 0 aromatic heterocycles. The highest BCUT2D eigenvalue weighted by atomic mass is 19.4. The number of fused-ring (bicyclic) bond motifs is 3. The van der Waals surface area contributed by atoms with E-state index in [0.717, 1.165) is 25.0 Å². The van der Waals surface area contributed by atoms with Crippen molar-refractivity contribution >= 4 is 11.9 Å². The average molecular weight is 471 g/mol. The maximum Gasteiger partial charge on any atom is 0.416 e. The molecule has 7 nitrogen and oxygen atoms in total. The number of ether oxygens (including phenoxy) is 2. The van der Waals surface area contributed by atoms with Gasteiger partial charge in [0.15, 0.2) is 0 Å². The molecule has 0 radical (unpaired) electrons. The van der Waals surface area contributed by atoms with Crippen LogP contribution in [-0.4, -0.2) is 72.3 Å². The number of benzene rings is 1. The van der Waals surface area contributed by atoms with E-state index in [9.17, 15) is 27.2 Å². The van der Waals surface area contributed by atoms with Crippen molar-refractivity contribution in [2.24, 2.45) is 5.92 Å². The van der Waals surface area contributed by atoms with Crippen molar-refractivity contribution in [2.75, 3.05) is 26.2 Å². The molecule has 3 amide bonds. The van der Waals surface area contributed by atoms with Crippen LogP contribution in [0.3, 0.4) is 0 Å². The molecule has 3 aliphatic heterocycles. The molecule has 4 aliphatic rings. The molecule has 3 heterocycles. The Morgan fingerprint density at radius 1 is 1.24 bits per heavy atom. The molecule has 1 aromatic carbocycles. The van der Waals surface area contributed by atoms with Crippen molar-refractivity contribution in [3.05, 3.63) is 35.1 Å². The van der Waals surface area contributed by atoms with E-state index in [4.69, 9.17) is 9.47 Å². The Morgan fingerprint density at radius 3 is 2.79 bits per heavy atom. The Bertz CT molecular complexity index is 943. The second-order valence-electron chi connectivity index (χ2n) is 9.25. The molecule has 33 heavy (non-hydrogen) atoms. The number of likely N-dealkylation sites (tertiary alicyclic amines) is 2. The van der Waals surface area contributed by atoms with Gasteiger partial charge in [-0.3, -0.25) is 4.79 Å². The number of hydrogen-bond acceptors (Lipinski definition) is 4. The van der Waals surface area contributed by atoms with Gasteiger partial charge in [0.1, 0.15) is 12.4 Å². The minimum atomic E-state index is -4.60. The summed E-state index contributed by atoms with van der Waals surface area (Å²) in [4.78, 5) is 28.4. The maximum atomic E-state index is 14.2. The van der Waals surface area contributed by atoms with Crippen LogP contribution in [0.15, 0.2) is 18.2 Å². The number of carbonyl (C=O) groups is 2. The van der Waals surface area contributed by atoms with Crippen LogP contribution in [0.5, 0.6) is 0 Å². The van der Waals surface area contributed by atoms with E-state index in [2.05, 4.69) is 5.32 Å². The quantitative estimate of drug-likeness (QED) is 0.688. The molecular weight excluding hydrogens is 446 g/mol. The van der Waals surface area contributed by atoms with E-state index in [1.165, 1.54) is 0 Å². The van der Waals surface area contributed by atoms with E-state index < -0.39 is 17.6 Å². The maximum absolute atomic E-state index is 14.2. The van der Waals surface area contributed by atoms with Gasteiger partial charge in [0.25, 0.3) is 0 Å². The zero-order valence-corrected chi connectivity index (χ0v) is 17.8. The Morgan fingerprint density at radius 2 is 2.06 bits per heavy atom. The Balaban J connectivity index is 1.20. The lowest BCUT2D eigenvalue weighted by molar-refractivity contribution is -0.140. The Hall–Kier alpha value is -2.40. The first-order valence-electron chi connectivity index (χ1n) is 11.1. The number of piperidine rings is 2. The van der Waals surface area contributed by atoms with Gasteiger partial charge in [0, 0.05) is 25.2 Å². The number of amides is 3. The highest BCUT2D eigenvalue weighted by Crippen LogP contribution is 2.40. The first-order valence-corrected chi connectivity index (χ1v) is 11.1. The van der Waals surface area contributed by atoms with Crippen LogP contribution in [0, 0.1) is 11.7 Å². The van der Waals surface area contributed by atoms with Crippen molar-refractivity contribution < 1.29 is 36.6 Å². The fraction of sp³-hybridized carbons (Fsp3) is 0.636. The number of hydrogen-bond donors (Lipinski definition) is 1. The van der Waals surface area contributed by atoms with Gasteiger partial charge >= 0.3 is 12.2 Å². The third-order valence-electron chi connectivity index (χ3n) is 7.10. The molecule has 11 heteroatoms. The van der Waals surface area contributed by atoms with Gasteiger partial charge in [-0.15, -0.1) is 0 Å². The third kappa shape index (κ3) is 4.40. The molecular formula is C22H25F4N3O4. The van der Waals surface area contributed by atoms with Crippen LogP contribution in [0.4, 0.5) is 22.4 Å². The summed E-state index contributed by atoms with van der Waals surface area (Å²) in [6, 6.07) is 1.92. The summed E-state index contributed by atoms with van der Waals surface area (Å²) >= 11 is 0. The molecule has 1 aromatic rings. The van der Waals surface area contributed by atoms with Crippen LogP contribution >= 0.6 is 0 Å². The second kappa shape index (κ2) is 8.43. The molecule has 1 saturated carbocycles. The molecule has 3 saturated heterocycles. The fourth-order valence-corrected chi connectivity index (χ4v) is 5.46. The highest BCUT2D eigenvalue weighted by molar-refractivity contribution is 5.79. The van der Waals surface area contributed by atoms with Gasteiger partial charge < -0.3 is 24.6 Å². The second-order valence-corrected chi connectivity index (χ2v) is 9.25. The van der Waals surface area contributed by atoms with Gasteiger partial charge in [-0.25, -0.2) is 9.18 Å². The van der Waals surface area contributed by atoms with Crippen molar-refractivity contribution in [3.63, 3.8) is 0 Å². The van der Waals surface area contributed by atoms with Gasteiger partial charge in [-0.1, -0.05) is 6.07 Å². The summed E-state index contributed by atoms with van der Waals surface area (Å²) in [6.45, 7) is 1.42. The molecule has 5 atom stereocenters. The number of urea groups is 1. The van der Waals surface area contributed by atoms with Crippen molar-refractivity contribution in [1.82, 2.24) is 15.1 Å². The fourth-order valence-electron chi connectivity index (χ4n) is 5.46. The number of nitrogens with zero attached hydrogens (tertiary/aromatic N) is 2. The highest BCUT2D eigenvalue weighted by Gasteiger charge is 2.49. The summed E-state index contributed by atoms with van der Waals surface area (Å²) in [5.74, 6) is -0.869. The molecule has 1 aliphatic carbocycles. The van der Waals surface area contributed by atoms with Gasteiger partial charge in [0.2, 0.25) is 5.91 Å². The van der Waals surface area contributed by atoms with Crippen molar-refractivity contribution in [1.29, 1.82) is 0 Å². The van der Waals surface area contributed by atoms with E-state index in [1.807, 2.05) is 0 Å². The van der Waals surface area contributed by atoms with Crippen LogP contribution in [0.25, 0.3) is 0 Å². The minimum Gasteiger partial charge on any atom is -0.371 e. The molecule has 2 bridgehead atoms. The first kappa shape index (κ1) is 22.4. The molecule has 180 valence electrons. The molecule has 1 N–H and O–H groups in total. The number of nitrogens with one attached hydrogen (secondary N) is 1. The number of alkyl halides is 3. The SMILES string of the molecule is O=C1CO[C@H]2CCN(C(=O)N3C[C@@H]4C[C@H](OCc5ccc(C(F)(F)F)cc5F)[C@H]3C4)C[C@H]2N1. The molecule has 0 spiro atoms. The van der Waals surface area contributed by atoms with E-state index in [1.54, 1.807) is 9.80 Å². The Kier molecular flexibility index (Phi) is 5.72. The smallest absolute Gasteiger partial charge is 0.371 e. The third-order valence-corrected chi connectivity index (χ3v) is 7.10. The van der Waals surface area contributed by atoms with Gasteiger partial charge in [-0.05, 0) is 37.3 Å². The van der Waals surface area contributed by atoms with Crippen molar-refractivity contribution in [2.45, 2.75) is 56.3 Å². The number of morpholine rings is 1. The summed E-state index contributed by atoms with van der Waals surface area (Å²) in [5.41, 5.74) is -0.984. The zero-order valence-electron chi connectivity index (χ0n) is 17.8. The predicted octanol–water partition coefficient (Wildman–Crippen LogP) is 2.53. The van der Waals surface area contributed by atoms with E-state index >= 15 is 0 Å². The van der Waals surface area contributed by atoms with Crippen LogP contribution in [0.2, 0.25) is 0 Å². The number of rotatable bonds is 3. The number of carbonyl (C=O) groups excluding carboxylic acids is 2. The van der Waals surface area contributed by atoms with Gasteiger partial charge in [0.05, 0.1) is 36.5 Å². The summed E-state index contributed by atoms with van der Waals surface area (Å²) in [5, 5.41) is 2.89. The number of halogens is 4. The zero-order chi connectivity index (χ0) is 23.3. The average Bonchev–Trinajstić information content (AvgIpc) is 3.37. The van der Waals surface area contributed by atoms with Crippen LogP contribution in [0.1, 0.15) is 30.4 Å². The topological polar surface area (TPSA) is 71.1 Å². The monoisotopic (exact) mass is 471 g/mol. The van der Waals surface area contributed by atoms with Crippen molar-refractivity contribution in [3.8, 4) is 0 Å². The molecule has 5 rings (SSSR count). The lowest BCUT2D eigenvalue weighted by Crippen LogP contribution is -2.63. The summed E-state index contributed by atoms with van der Waals surface area (Å²) < 4.78 is 63.8. The predicted molar refractivity (Wildman–Crippen MR) is 106 cm³/mol. The van der Waals surface area contributed by atoms with Crippen LogP contribution < -0.4 is 5.32 Å². The lowest BCUT2D eigenvalue weighted by atomic mass is 10.0.